The van der Waals surface area contributed by atoms with Gasteiger partial charge in [-0.25, -0.2) is 0 Å². The van der Waals surface area contributed by atoms with Crippen molar-refractivity contribution in [2.24, 2.45) is 0 Å². The van der Waals surface area contributed by atoms with Crippen LogP contribution in [0.4, 0.5) is 0 Å². The minimum absolute atomic E-state index is 0.0172. The molecule has 530 valence electrons. The number of carbonyl (C=O) groups is 2. The first kappa shape index (κ1) is 87.6. The summed E-state index contributed by atoms with van der Waals surface area (Å²) in [4.78, 5) is 24.7. The lowest BCUT2D eigenvalue weighted by Crippen LogP contribution is -2.45. The second-order valence-electron chi connectivity index (χ2n) is 28.8. The third kappa shape index (κ3) is 75.5. The van der Waals surface area contributed by atoms with Gasteiger partial charge in [-0.05, 0) is 51.4 Å². The fourth-order valence-electron chi connectivity index (χ4n) is 13.5. The summed E-state index contributed by atoms with van der Waals surface area (Å²) in [5, 5.41) is 23.4. The zero-order valence-corrected chi connectivity index (χ0v) is 61.0. The molecule has 0 bridgehead atoms. The highest BCUT2D eigenvalue weighted by Crippen LogP contribution is 2.21. The average molecular weight is 1260 g/mol. The van der Waals surface area contributed by atoms with E-state index in [1.165, 1.54) is 405 Å². The highest BCUT2D eigenvalue weighted by molar-refractivity contribution is 5.76. The summed E-state index contributed by atoms with van der Waals surface area (Å²) in [6.07, 6.45) is 100. The van der Waals surface area contributed by atoms with Crippen LogP contribution in [-0.4, -0.2) is 47.4 Å². The van der Waals surface area contributed by atoms with Gasteiger partial charge in [-0.2, -0.15) is 0 Å². The molecule has 2 unspecified atom stereocenters. The monoisotopic (exact) mass is 1250 g/mol. The van der Waals surface area contributed by atoms with Crippen LogP contribution in [0.1, 0.15) is 483 Å². The summed E-state index contributed by atoms with van der Waals surface area (Å²) in [7, 11) is 0. The summed E-state index contributed by atoms with van der Waals surface area (Å²) < 4.78 is 5.51. The summed E-state index contributed by atoms with van der Waals surface area (Å²) in [5.74, 6) is -0.00657. The lowest BCUT2D eigenvalue weighted by Gasteiger charge is -2.22. The predicted octanol–water partition coefficient (Wildman–Crippen LogP) is 27.4. The van der Waals surface area contributed by atoms with Gasteiger partial charge in [-0.3, -0.25) is 9.59 Å². The highest BCUT2D eigenvalue weighted by Gasteiger charge is 2.20. The number of allylic oxidation sites excluding steroid dienone is 2. The van der Waals surface area contributed by atoms with Crippen molar-refractivity contribution in [1.82, 2.24) is 5.32 Å². The molecule has 0 rings (SSSR count). The van der Waals surface area contributed by atoms with Gasteiger partial charge in [0.05, 0.1) is 25.4 Å². The van der Waals surface area contributed by atoms with Crippen molar-refractivity contribution >= 4 is 11.9 Å². The molecule has 0 aliphatic carbocycles. The zero-order valence-electron chi connectivity index (χ0n) is 61.0. The third-order valence-electron chi connectivity index (χ3n) is 19.8. The van der Waals surface area contributed by atoms with Crippen LogP contribution in [0, 0.1) is 0 Å². The fourth-order valence-corrected chi connectivity index (χ4v) is 13.5. The Hall–Kier alpha value is -1.40. The van der Waals surface area contributed by atoms with Gasteiger partial charge in [0, 0.05) is 12.8 Å². The fraction of sp³-hybridized carbons (Fsp3) is 0.952. The largest absolute Gasteiger partial charge is 0.466 e. The third-order valence-corrected chi connectivity index (χ3v) is 19.8. The van der Waals surface area contributed by atoms with Crippen LogP contribution >= 0.6 is 0 Å². The minimum Gasteiger partial charge on any atom is -0.466 e. The van der Waals surface area contributed by atoms with Crippen LogP contribution in [0.2, 0.25) is 0 Å². The van der Waals surface area contributed by atoms with Crippen molar-refractivity contribution < 1.29 is 24.5 Å². The Kier molecular flexibility index (Phi) is 77.8. The molecule has 0 saturated heterocycles. The molecular formula is C83H163NO5. The molecular weight excluding hydrogens is 1090 g/mol. The first-order valence-corrected chi connectivity index (χ1v) is 41.4. The molecule has 6 heteroatoms. The molecule has 1 amide bonds. The summed E-state index contributed by atoms with van der Waals surface area (Å²) in [5.41, 5.74) is 0. The Morgan fingerprint density at radius 2 is 0.528 bits per heavy atom. The summed E-state index contributed by atoms with van der Waals surface area (Å²) >= 11 is 0. The maximum atomic E-state index is 12.6. The topological polar surface area (TPSA) is 95.9 Å². The van der Waals surface area contributed by atoms with E-state index in [0.29, 0.717) is 25.9 Å². The first-order chi connectivity index (χ1) is 44.0. The van der Waals surface area contributed by atoms with Crippen molar-refractivity contribution in [3.63, 3.8) is 0 Å². The molecule has 0 aromatic rings. The van der Waals surface area contributed by atoms with E-state index in [0.717, 1.165) is 44.9 Å². The molecule has 0 aromatic heterocycles. The quantitative estimate of drug-likeness (QED) is 0.0320. The van der Waals surface area contributed by atoms with Crippen LogP contribution < -0.4 is 5.32 Å². The average Bonchev–Trinajstić information content (AvgIpc) is 3.64. The number of esters is 1. The van der Waals surface area contributed by atoms with E-state index in [-0.39, 0.29) is 18.5 Å². The normalized spacial score (nSPS) is 12.4. The van der Waals surface area contributed by atoms with Crippen LogP contribution in [0.15, 0.2) is 12.2 Å². The van der Waals surface area contributed by atoms with Crippen molar-refractivity contribution in [3.05, 3.63) is 12.2 Å². The minimum atomic E-state index is -0.660. The Balaban J connectivity index is 3.29. The zero-order chi connectivity index (χ0) is 64.2. The van der Waals surface area contributed by atoms with E-state index >= 15 is 0 Å². The van der Waals surface area contributed by atoms with Crippen molar-refractivity contribution in [2.75, 3.05) is 13.2 Å². The van der Waals surface area contributed by atoms with Gasteiger partial charge in [0.1, 0.15) is 0 Å². The molecule has 0 fully saturated rings. The predicted molar refractivity (Wildman–Crippen MR) is 394 cm³/mol. The lowest BCUT2D eigenvalue weighted by molar-refractivity contribution is -0.143. The number of unbranched alkanes of at least 4 members (excludes halogenated alkanes) is 66. The number of aliphatic hydroxyl groups excluding tert-OH is 2. The molecule has 0 heterocycles. The highest BCUT2D eigenvalue weighted by atomic mass is 16.5. The molecule has 6 nitrogen and oxygen atoms in total. The lowest BCUT2D eigenvalue weighted by atomic mass is 10.0. The van der Waals surface area contributed by atoms with Gasteiger partial charge in [0.15, 0.2) is 0 Å². The SMILES string of the molecule is CCCCCCCCC/C=C\CCCCCCCC(=O)OCCCCCCCCCCCCCCCCCCCCCCCCCCCCCCCCCCCCCCCC(=O)NC(CO)C(O)CCCCCCCCCCCCCCCCCCCCC. The van der Waals surface area contributed by atoms with E-state index in [4.69, 9.17) is 4.74 Å². The van der Waals surface area contributed by atoms with Gasteiger partial charge in [-0.1, -0.05) is 431 Å². The molecule has 3 N–H and O–H groups in total. The van der Waals surface area contributed by atoms with E-state index < -0.39 is 12.1 Å². The molecule has 0 aliphatic heterocycles. The molecule has 0 radical (unpaired) electrons. The van der Waals surface area contributed by atoms with Crippen LogP contribution in [-0.2, 0) is 14.3 Å². The summed E-state index contributed by atoms with van der Waals surface area (Å²) in [6, 6.07) is -0.537. The first-order valence-electron chi connectivity index (χ1n) is 41.4. The van der Waals surface area contributed by atoms with Crippen molar-refractivity contribution in [3.8, 4) is 0 Å². The van der Waals surface area contributed by atoms with Gasteiger partial charge in [0.2, 0.25) is 5.91 Å². The van der Waals surface area contributed by atoms with Crippen LogP contribution in [0.5, 0.6) is 0 Å². The molecule has 0 aromatic carbocycles. The maximum absolute atomic E-state index is 12.6. The number of hydrogen-bond acceptors (Lipinski definition) is 5. The second kappa shape index (κ2) is 79.0. The van der Waals surface area contributed by atoms with E-state index in [1.807, 2.05) is 0 Å². The van der Waals surface area contributed by atoms with Gasteiger partial charge in [0.25, 0.3) is 0 Å². The Morgan fingerprint density at radius 1 is 0.303 bits per heavy atom. The van der Waals surface area contributed by atoms with Crippen LogP contribution in [0.3, 0.4) is 0 Å². The molecule has 2 atom stereocenters. The number of aliphatic hydroxyl groups is 2. The van der Waals surface area contributed by atoms with Gasteiger partial charge >= 0.3 is 5.97 Å². The van der Waals surface area contributed by atoms with Crippen LogP contribution in [0.25, 0.3) is 0 Å². The number of carbonyl (C=O) groups excluding carboxylic acids is 2. The Labute approximate surface area is 559 Å². The van der Waals surface area contributed by atoms with Gasteiger partial charge in [-0.15, -0.1) is 0 Å². The second-order valence-corrected chi connectivity index (χ2v) is 28.8. The summed E-state index contributed by atoms with van der Waals surface area (Å²) in [6.45, 7) is 5.01. The molecule has 89 heavy (non-hydrogen) atoms. The molecule has 0 aliphatic rings. The number of nitrogens with one attached hydrogen (secondary N) is 1. The van der Waals surface area contributed by atoms with Crippen molar-refractivity contribution in [2.45, 2.75) is 495 Å². The van der Waals surface area contributed by atoms with Gasteiger partial charge < -0.3 is 20.3 Å². The van der Waals surface area contributed by atoms with E-state index in [2.05, 4.69) is 31.3 Å². The van der Waals surface area contributed by atoms with Crippen molar-refractivity contribution in [1.29, 1.82) is 0 Å². The maximum Gasteiger partial charge on any atom is 0.305 e. The number of ether oxygens (including phenoxy) is 1. The number of amides is 1. The smallest absolute Gasteiger partial charge is 0.305 e. The van der Waals surface area contributed by atoms with E-state index in [1.54, 1.807) is 0 Å². The van der Waals surface area contributed by atoms with E-state index in [9.17, 15) is 19.8 Å². The molecule has 0 saturated carbocycles. The Bertz CT molecular complexity index is 1350. The Morgan fingerprint density at radius 3 is 0.798 bits per heavy atom. The number of hydrogen-bond donors (Lipinski definition) is 3. The number of rotatable bonds is 79. The standard InChI is InChI=1S/C83H163NO5/c1-3-5-7-9-11-13-15-17-19-21-41-44-47-51-55-59-63-67-71-75-81(86)80(79-85)84-82(87)76-72-68-64-60-56-52-48-45-42-39-37-35-33-31-29-27-25-23-22-24-26-28-30-32-34-36-38-40-43-46-50-54-58-62-66-70-74-78-89-83(88)77-73-69-65-61-57-53-49-20-18-16-14-12-10-8-6-4-2/h20,49,80-81,85-86H,3-19,21-48,50-79H2,1-2H3,(H,84,87)/b49-20-. The molecule has 0 spiro atoms.